The van der Waals surface area contributed by atoms with Crippen molar-refractivity contribution in [3.63, 3.8) is 0 Å². The number of nitrogens with zero attached hydrogens (tertiary/aromatic N) is 1. The Balaban J connectivity index is 3.97. The molecule has 0 N–H and O–H groups in total. The van der Waals surface area contributed by atoms with Gasteiger partial charge in [-0.3, -0.25) is 4.79 Å². The third kappa shape index (κ3) is 3.27. The van der Waals surface area contributed by atoms with Gasteiger partial charge in [0.05, 0.1) is 12.7 Å². The highest BCUT2D eigenvalue weighted by Gasteiger charge is 2.16. The van der Waals surface area contributed by atoms with Crippen molar-refractivity contribution >= 4 is 5.97 Å². The zero-order chi connectivity index (χ0) is 8.69. The Bertz CT molecular complexity index is 209. The SMILES string of the molecule is C#CCC(C#N)C(=O)OCC. The lowest BCUT2D eigenvalue weighted by Crippen LogP contribution is -2.15. The summed E-state index contributed by atoms with van der Waals surface area (Å²) in [4.78, 5) is 10.8. The van der Waals surface area contributed by atoms with Crippen LogP contribution in [0.3, 0.4) is 0 Å². The summed E-state index contributed by atoms with van der Waals surface area (Å²) in [5.41, 5.74) is 0. The van der Waals surface area contributed by atoms with E-state index in [0.717, 1.165) is 0 Å². The van der Waals surface area contributed by atoms with E-state index < -0.39 is 11.9 Å². The van der Waals surface area contributed by atoms with Crippen LogP contribution in [0.15, 0.2) is 0 Å². The smallest absolute Gasteiger partial charge is 0.324 e. The first-order valence-electron chi connectivity index (χ1n) is 3.26. The zero-order valence-electron chi connectivity index (χ0n) is 6.33. The van der Waals surface area contributed by atoms with E-state index in [2.05, 4.69) is 10.7 Å². The molecular formula is C8H9NO2. The maximum Gasteiger partial charge on any atom is 0.324 e. The van der Waals surface area contributed by atoms with Crippen LogP contribution >= 0.6 is 0 Å². The van der Waals surface area contributed by atoms with E-state index in [1.807, 2.05) is 0 Å². The molecule has 0 aliphatic heterocycles. The summed E-state index contributed by atoms with van der Waals surface area (Å²) in [6, 6.07) is 1.77. The minimum Gasteiger partial charge on any atom is -0.465 e. The minimum atomic E-state index is -0.806. The minimum absolute atomic E-state index is 0.120. The summed E-state index contributed by atoms with van der Waals surface area (Å²) < 4.78 is 4.59. The standard InChI is InChI=1S/C8H9NO2/c1-3-5-7(6-9)8(10)11-4-2/h1,7H,4-5H2,2H3. The molecule has 0 spiro atoms. The second-order valence-corrected chi connectivity index (χ2v) is 1.84. The van der Waals surface area contributed by atoms with E-state index in [1.165, 1.54) is 0 Å². The number of carbonyl (C=O) groups is 1. The molecule has 3 nitrogen and oxygen atoms in total. The molecule has 0 aromatic heterocycles. The molecule has 0 aliphatic rings. The number of rotatable bonds is 3. The van der Waals surface area contributed by atoms with Crippen LogP contribution in [-0.2, 0) is 9.53 Å². The van der Waals surface area contributed by atoms with E-state index in [-0.39, 0.29) is 13.0 Å². The number of hydrogen-bond donors (Lipinski definition) is 0. The summed E-state index contributed by atoms with van der Waals surface area (Å²) in [7, 11) is 0. The fourth-order valence-electron chi connectivity index (χ4n) is 0.542. The number of hydrogen-bond acceptors (Lipinski definition) is 3. The van der Waals surface area contributed by atoms with Gasteiger partial charge >= 0.3 is 5.97 Å². The van der Waals surface area contributed by atoms with E-state index >= 15 is 0 Å². The molecular weight excluding hydrogens is 142 g/mol. The van der Waals surface area contributed by atoms with Gasteiger partial charge < -0.3 is 4.74 Å². The Hall–Kier alpha value is -1.48. The van der Waals surface area contributed by atoms with Gasteiger partial charge in [-0.05, 0) is 6.92 Å². The zero-order valence-corrected chi connectivity index (χ0v) is 6.33. The molecule has 1 unspecified atom stereocenters. The number of ether oxygens (including phenoxy) is 1. The molecule has 3 heteroatoms. The first-order valence-corrected chi connectivity index (χ1v) is 3.26. The Morgan fingerprint density at radius 3 is 2.82 bits per heavy atom. The van der Waals surface area contributed by atoms with Crippen LogP contribution in [0.1, 0.15) is 13.3 Å². The van der Waals surface area contributed by atoms with Crippen molar-refractivity contribution in [1.29, 1.82) is 5.26 Å². The number of esters is 1. The number of terminal acetylenes is 1. The third-order valence-corrected chi connectivity index (χ3v) is 1.05. The third-order valence-electron chi connectivity index (χ3n) is 1.05. The van der Waals surface area contributed by atoms with E-state index in [0.29, 0.717) is 0 Å². The summed E-state index contributed by atoms with van der Waals surface area (Å²) in [5.74, 6) is 0.895. The van der Waals surface area contributed by atoms with Crippen LogP contribution < -0.4 is 0 Å². The van der Waals surface area contributed by atoms with Gasteiger partial charge in [0.25, 0.3) is 0 Å². The summed E-state index contributed by atoms with van der Waals surface area (Å²) in [6.45, 7) is 1.96. The molecule has 1 atom stereocenters. The molecule has 0 heterocycles. The Kier molecular flexibility index (Phi) is 4.60. The molecule has 0 radical (unpaired) electrons. The van der Waals surface area contributed by atoms with Crippen LogP contribution in [0.2, 0.25) is 0 Å². The van der Waals surface area contributed by atoms with Crippen LogP contribution in [-0.4, -0.2) is 12.6 Å². The lowest BCUT2D eigenvalue weighted by molar-refractivity contribution is -0.145. The topological polar surface area (TPSA) is 50.1 Å². The van der Waals surface area contributed by atoms with Crippen LogP contribution in [0.4, 0.5) is 0 Å². The summed E-state index contributed by atoms with van der Waals surface area (Å²) in [6.07, 6.45) is 5.05. The van der Waals surface area contributed by atoms with Crippen LogP contribution in [0, 0.1) is 29.6 Å². The quantitative estimate of drug-likeness (QED) is 0.441. The van der Waals surface area contributed by atoms with Crippen molar-refractivity contribution in [1.82, 2.24) is 0 Å². The van der Waals surface area contributed by atoms with Gasteiger partial charge in [-0.2, -0.15) is 5.26 Å². The van der Waals surface area contributed by atoms with Gasteiger partial charge in [0.15, 0.2) is 5.92 Å². The number of nitriles is 1. The fourth-order valence-corrected chi connectivity index (χ4v) is 0.542. The maximum atomic E-state index is 10.8. The van der Waals surface area contributed by atoms with Crippen molar-refractivity contribution < 1.29 is 9.53 Å². The normalized spacial score (nSPS) is 10.8. The Labute approximate surface area is 66.0 Å². The Morgan fingerprint density at radius 2 is 2.45 bits per heavy atom. The van der Waals surface area contributed by atoms with Gasteiger partial charge in [-0.15, -0.1) is 12.3 Å². The maximum absolute atomic E-state index is 10.8. The number of carbonyl (C=O) groups excluding carboxylic acids is 1. The molecule has 0 fully saturated rings. The predicted octanol–water partition coefficient (Wildman–Crippen LogP) is 0.713. The molecule has 0 saturated heterocycles. The highest BCUT2D eigenvalue weighted by atomic mass is 16.5. The first-order chi connectivity index (χ1) is 5.26. The van der Waals surface area contributed by atoms with Crippen LogP contribution in [0.5, 0.6) is 0 Å². The lowest BCUT2D eigenvalue weighted by Gasteiger charge is -2.03. The van der Waals surface area contributed by atoms with Crippen molar-refractivity contribution in [3.05, 3.63) is 0 Å². The van der Waals surface area contributed by atoms with Gasteiger partial charge in [-0.25, -0.2) is 0 Å². The van der Waals surface area contributed by atoms with Gasteiger partial charge in [0.2, 0.25) is 0 Å². The first kappa shape index (κ1) is 9.52. The average molecular weight is 151 g/mol. The second-order valence-electron chi connectivity index (χ2n) is 1.84. The molecule has 0 bridgehead atoms. The Morgan fingerprint density at radius 1 is 1.82 bits per heavy atom. The molecule has 11 heavy (non-hydrogen) atoms. The largest absolute Gasteiger partial charge is 0.465 e. The molecule has 0 aliphatic carbocycles. The molecule has 0 aromatic carbocycles. The van der Waals surface area contributed by atoms with E-state index in [9.17, 15) is 4.79 Å². The summed E-state index contributed by atoms with van der Waals surface area (Å²) >= 11 is 0. The van der Waals surface area contributed by atoms with Crippen molar-refractivity contribution in [3.8, 4) is 18.4 Å². The van der Waals surface area contributed by atoms with Crippen molar-refractivity contribution in [2.45, 2.75) is 13.3 Å². The van der Waals surface area contributed by atoms with E-state index in [4.69, 9.17) is 11.7 Å². The predicted molar refractivity (Wildman–Crippen MR) is 39.2 cm³/mol. The average Bonchev–Trinajstić information content (AvgIpc) is 2.00. The molecule has 58 valence electrons. The van der Waals surface area contributed by atoms with E-state index in [1.54, 1.807) is 13.0 Å². The lowest BCUT2D eigenvalue weighted by atomic mass is 10.1. The highest BCUT2D eigenvalue weighted by molar-refractivity contribution is 5.75. The highest BCUT2D eigenvalue weighted by Crippen LogP contribution is 2.02. The summed E-state index contributed by atoms with van der Waals surface area (Å²) in [5, 5.41) is 8.41. The van der Waals surface area contributed by atoms with Crippen molar-refractivity contribution in [2.24, 2.45) is 5.92 Å². The van der Waals surface area contributed by atoms with Gasteiger partial charge in [0.1, 0.15) is 0 Å². The molecule has 0 amide bonds. The molecule has 0 aromatic rings. The molecule has 0 saturated carbocycles. The van der Waals surface area contributed by atoms with Crippen molar-refractivity contribution in [2.75, 3.05) is 6.61 Å². The fraction of sp³-hybridized carbons (Fsp3) is 0.500. The second kappa shape index (κ2) is 5.32. The van der Waals surface area contributed by atoms with Gasteiger partial charge in [0, 0.05) is 6.42 Å². The monoisotopic (exact) mass is 151 g/mol. The molecule has 0 rings (SSSR count). The van der Waals surface area contributed by atoms with Crippen LogP contribution in [0.25, 0.3) is 0 Å². The van der Waals surface area contributed by atoms with Gasteiger partial charge in [-0.1, -0.05) is 0 Å².